The van der Waals surface area contributed by atoms with E-state index in [-0.39, 0.29) is 18.4 Å². The van der Waals surface area contributed by atoms with Gasteiger partial charge in [0.2, 0.25) is 11.8 Å². The van der Waals surface area contributed by atoms with Gasteiger partial charge in [-0.2, -0.15) is 0 Å². The molecule has 2 aliphatic rings. The number of carbonyl (C=O) groups is 2. The summed E-state index contributed by atoms with van der Waals surface area (Å²) in [5, 5.41) is 2.99. The van der Waals surface area contributed by atoms with Gasteiger partial charge in [-0.05, 0) is 38.1 Å². The van der Waals surface area contributed by atoms with Gasteiger partial charge in [0.05, 0.1) is 5.69 Å². The Balaban J connectivity index is 1.52. The van der Waals surface area contributed by atoms with Gasteiger partial charge < -0.3 is 15.1 Å². The lowest BCUT2D eigenvalue weighted by Crippen LogP contribution is -2.43. The monoisotopic (exact) mass is 361 g/mol. The van der Waals surface area contributed by atoms with Gasteiger partial charge in [0.1, 0.15) is 6.54 Å². The highest BCUT2D eigenvalue weighted by Crippen LogP contribution is 2.33. The van der Waals surface area contributed by atoms with Gasteiger partial charge in [0, 0.05) is 30.2 Å². The zero-order valence-corrected chi connectivity index (χ0v) is 15.5. The summed E-state index contributed by atoms with van der Waals surface area (Å²) in [5.41, 5.74) is 0.859. The summed E-state index contributed by atoms with van der Waals surface area (Å²) < 4.78 is 0. The molecule has 1 aromatic rings. The Kier molecular flexibility index (Phi) is 6.76. The Labute approximate surface area is 154 Å². The lowest BCUT2D eigenvalue weighted by atomic mass is 10.2. The number of nitrogens with one attached hydrogen (secondary N) is 1. The number of fused-ring (bicyclic) bond motifs is 1. The fourth-order valence-corrected chi connectivity index (χ4v) is 4.40. The Bertz CT molecular complexity index is 600. The van der Waals surface area contributed by atoms with Crippen molar-refractivity contribution in [3.8, 4) is 0 Å². The molecule has 3 rings (SSSR count). The predicted octanol–water partition coefficient (Wildman–Crippen LogP) is 2.51. The number of amides is 2. The molecule has 136 valence electrons. The molecule has 0 unspecified atom stereocenters. The molecule has 1 N–H and O–H groups in total. The van der Waals surface area contributed by atoms with Crippen LogP contribution >= 0.6 is 11.8 Å². The fraction of sp³-hybridized carbons (Fsp3) is 0.579. The van der Waals surface area contributed by atoms with Crippen LogP contribution in [0.4, 0.5) is 5.69 Å². The minimum atomic E-state index is -0.0788. The van der Waals surface area contributed by atoms with Crippen LogP contribution in [-0.4, -0.2) is 55.2 Å². The molecule has 1 saturated heterocycles. The van der Waals surface area contributed by atoms with Gasteiger partial charge in [-0.3, -0.25) is 9.59 Å². The second-order valence-corrected chi connectivity index (χ2v) is 7.79. The Hall–Kier alpha value is -1.53. The van der Waals surface area contributed by atoms with E-state index in [0.717, 1.165) is 36.0 Å². The minimum Gasteiger partial charge on any atom is -0.353 e. The minimum absolute atomic E-state index is 0.0279. The van der Waals surface area contributed by atoms with Crippen LogP contribution in [0.3, 0.4) is 0 Å². The van der Waals surface area contributed by atoms with Gasteiger partial charge in [0.15, 0.2) is 0 Å². The van der Waals surface area contributed by atoms with Gasteiger partial charge in [-0.25, -0.2) is 0 Å². The number of carbonyl (C=O) groups excluding carboxylic acids is 2. The zero-order chi connectivity index (χ0) is 17.5. The number of benzene rings is 1. The summed E-state index contributed by atoms with van der Waals surface area (Å²) in [5.74, 6) is 0.716. The summed E-state index contributed by atoms with van der Waals surface area (Å²) >= 11 is 1.68. The van der Waals surface area contributed by atoms with E-state index in [1.807, 2.05) is 24.3 Å². The van der Waals surface area contributed by atoms with Crippen molar-refractivity contribution in [1.82, 2.24) is 10.2 Å². The average molecular weight is 362 g/mol. The summed E-state index contributed by atoms with van der Waals surface area (Å²) in [6, 6.07) is 7.84. The van der Waals surface area contributed by atoms with Crippen molar-refractivity contribution in [2.24, 2.45) is 0 Å². The van der Waals surface area contributed by atoms with Gasteiger partial charge in [0.25, 0.3) is 0 Å². The number of hydrogen-bond donors (Lipinski definition) is 1. The molecule has 2 heterocycles. The van der Waals surface area contributed by atoms with E-state index in [9.17, 15) is 9.59 Å². The SMILES string of the molecule is O=C(CN1C(=O)CCSc2ccccc21)NCCN1CCCCCC1. The van der Waals surface area contributed by atoms with Crippen molar-refractivity contribution < 1.29 is 9.59 Å². The van der Waals surface area contributed by atoms with E-state index in [2.05, 4.69) is 10.2 Å². The lowest BCUT2D eigenvalue weighted by Gasteiger charge is -2.23. The molecule has 2 amide bonds. The number of anilines is 1. The molecule has 0 aliphatic carbocycles. The van der Waals surface area contributed by atoms with Gasteiger partial charge >= 0.3 is 0 Å². The molecular weight excluding hydrogens is 334 g/mol. The van der Waals surface area contributed by atoms with Crippen molar-refractivity contribution in [3.63, 3.8) is 0 Å². The predicted molar refractivity (Wildman–Crippen MR) is 102 cm³/mol. The summed E-state index contributed by atoms with van der Waals surface area (Å²) in [7, 11) is 0. The van der Waals surface area contributed by atoms with Crippen molar-refractivity contribution in [2.45, 2.75) is 37.0 Å². The average Bonchev–Trinajstić information content (AvgIpc) is 2.96. The van der Waals surface area contributed by atoms with Crippen molar-refractivity contribution in [3.05, 3.63) is 24.3 Å². The van der Waals surface area contributed by atoms with E-state index >= 15 is 0 Å². The molecule has 0 saturated carbocycles. The molecule has 5 nitrogen and oxygen atoms in total. The van der Waals surface area contributed by atoms with E-state index in [1.165, 1.54) is 25.7 Å². The van der Waals surface area contributed by atoms with Crippen LogP contribution in [0.5, 0.6) is 0 Å². The molecule has 0 radical (unpaired) electrons. The molecule has 1 aromatic carbocycles. The molecule has 0 spiro atoms. The number of nitrogens with zero attached hydrogens (tertiary/aromatic N) is 2. The van der Waals surface area contributed by atoms with Gasteiger partial charge in [-0.1, -0.05) is 25.0 Å². The maximum atomic E-state index is 12.4. The first-order valence-electron chi connectivity index (χ1n) is 9.25. The first-order chi connectivity index (χ1) is 12.2. The smallest absolute Gasteiger partial charge is 0.240 e. The largest absolute Gasteiger partial charge is 0.353 e. The molecule has 1 fully saturated rings. The Morgan fingerprint density at radius 1 is 1.12 bits per heavy atom. The number of thioether (sulfide) groups is 1. The Morgan fingerprint density at radius 3 is 2.68 bits per heavy atom. The summed E-state index contributed by atoms with van der Waals surface area (Å²) in [6.07, 6.45) is 5.62. The third-order valence-electron chi connectivity index (χ3n) is 4.78. The van der Waals surface area contributed by atoms with Crippen LogP contribution < -0.4 is 10.2 Å². The number of para-hydroxylation sites is 1. The van der Waals surface area contributed by atoms with Crippen LogP contribution in [0.2, 0.25) is 0 Å². The molecule has 0 atom stereocenters. The Morgan fingerprint density at radius 2 is 1.88 bits per heavy atom. The van der Waals surface area contributed by atoms with Gasteiger partial charge in [-0.15, -0.1) is 11.8 Å². The van der Waals surface area contributed by atoms with E-state index in [1.54, 1.807) is 16.7 Å². The van der Waals surface area contributed by atoms with Crippen LogP contribution in [0, 0.1) is 0 Å². The maximum absolute atomic E-state index is 12.4. The van der Waals surface area contributed by atoms with Crippen LogP contribution in [0.1, 0.15) is 32.1 Å². The van der Waals surface area contributed by atoms with Crippen LogP contribution in [0.25, 0.3) is 0 Å². The highest BCUT2D eigenvalue weighted by molar-refractivity contribution is 7.99. The second-order valence-electron chi connectivity index (χ2n) is 6.65. The topological polar surface area (TPSA) is 52.7 Å². The molecule has 0 aromatic heterocycles. The van der Waals surface area contributed by atoms with E-state index < -0.39 is 0 Å². The van der Waals surface area contributed by atoms with E-state index in [0.29, 0.717) is 13.0 Å². The first kappa shape index (κ1) is 18.3. The third-order valence-corrected chi connectivity index (χ3v) is 5.85. The van der Waals surface area contributed by atoms with Crippen molar-refractivity contribution in [1.29, 1.82) is 0 Å². The summed E-state index contributed by atoms with van der Waals surface area (Å²) in [6.45, 7) is 3.91. The second kappa shape index (κ2) is 9.25. The fourth-order valence-electron chi connectivity index (χ4n) is 3.41. The van der Waals surface area contributed by atoms with E-state index in [4.69, 9.17) is 0 Å². The first-order valence-corrected chi connectivity index (χ1v) is 10.2. The highest BCUT2D eigenvalue weighted by atomic mass is 32.2. The van der Waals surface area contributed by atoms with Crippen molar-refractivity contribution >= 4 is 29.3 Å². The lowest BCUT2D eigenvalue weighted by molar-refractivity contribution is -0.123. The standard InChI is InChI=1S/C19H27N3O2S/c23-18(20-10-13-21-11-5-1-2-6-12-21)15-22-16-7-3-4-8-17(16)25-14-9-19(22)24/h3-4,7-8H,1-2,5-6,9-15H2,(H,20,23). The summed E-state index contributed by atoms with van der Waals surface area (Å²) in [4.78, 5) is 29.9. The van der Waals surface area contributed by atoms with Crippen LogP contribution in [0.15, 0.2) is 29.2 Å². The number of rotatable bonds is 5. The molecular formula is C19H27N3O2S. The number of hydrogen-bond acceptors (Lipinski definition) is 4. The molecule has 25 heavy (non-hydrogen) atoms. The molecule has 6 heteroatoms. The van der Waals surface area contributed by atoms with Crippen LogP contribution in [-0.2, 0) is 9.59 Å². The molecule has 2 aliphatic heterocycles. The van der Waals surface area contributed by atoms with Crippen molar-refractivity contribution in [2.75, 3.05) is 43.4 Å². The highest BCUT2D eigenvalue weighted by Gasteiger charge is 2.24. The third kappa shape index (κ3) is 5.22. The molecule has 0 bridgehead atoms. The maximum Gasteiger partial charge on any atom is 0.240 e. The normalized spacial score (nSPS) is 19.0. The quantitative estimate of drug-likeness (QED) is 0.876. The number of likely N-dealkylation sites (tertiary alicyclic amines) is 1. The zero-order valence-electron chi connectivity index (χ0n) is 14.7.